The molecular weight excluding hydrogens is 170 g/mol. The summed E-state index contributed by atoms with van der Waals surface area (Å²) < 4.78 is 3.83. The minimum Gasteiger partial charge on any atom is -0.213 e. The molecule has 0 saturated carbocycles. The molecule has 0 bridgehead atoms. The van der Waals surface area contributed by atoms with Gasteiger partial charge in [-0.25, -0.2) is 4.49 Å². The van der Waals surface area contributed by atoms with Gasteiger partial charge < -0.3 is 0 Å². The zero-order chi connectivity index (χ0) is 8.23. The lowest BCUT2D eigenvalue weighted by atomic mass is 10.4. The molecule has 1 N–H and O–H groups in total. The number of nitrogens with one attached hydrogen (secondary N) is 1. The maximum atomic E-state index is 3.95. The Bertz CT molecular complexity index is 415. The van der Waals surface area contributed by atoms with Crippen molar-refractivity contribution in [3.63, 3.8) is 0 Å². The second-order valence-electron chi connectivity index (χ2n) is 2.25. The highest BCUT2D eigenvalue weighted by Crippen LogP contribution is 1.95. The van der Waals surface area contributed by atoms with Crippen LogP contribution in [0.15, 0.2) is 36.4 Å². The van der Waals surface area contributed by atoms with E-state index in [4.69, 9.17) is 0 Å². The first kappa shape index (κ1) is 7.24. The Kier molecular flexibility index (Phi) is 2.00. The minimum atomic E-state index is 0.902. The highest BCUT2D eigenvalue weighted by atomic mass is 32.1. The molecule has 4 heteroatoms. The zero-order valence-electron chi connectivity index (χ0n) is 6.27. The van der Waals surface area contributed by atoms with Crippen LogP contribution in [0.2, 0.25) is 0 Å². The van der Waals surface area contributed by atoms with Crippen LogP contribution in [0.3, 0.4) is 0 Å². The van der Waals surface area contributed by atoms with Gasteiger partial charge >= 0.3 is 0 Å². The molecule has 0 aromatic carbocycles. The van der Waals surface area contributed by atoms with Gasteiger partial charge in [-0.15, -0.1) is 5.10 Å². The van der Waals surface area contributed by atoms with E-state index in [0.29, 0.717) is 0 Å². The molecule has 0 atom stereocenters. The maximum Gasteiger partial charge on any atom is 0.106 e. The highest BCUT2D eigenvalue weighted by molar-refractivity contribution is 7.03. The topological polar surface area (TPSA) is 41.6 Å². The molecule has 0 saturated heterocycles. The summed E-state index contributed by atoms with van der Waals surface area (Å²) in [5, 5.41) is 8.56. The van der Waals surface area contributed by atoms with Gasteiger partial charge in [0.15, 0.2) is 0 Å². The molecule has 1 aliphatic heterocycles. The van der Waals surface area contributed by atoms with Crippen LogP contribution in [0.5, 0.6) is 0 Å². The van der Waals surface area contributed by atoms with E-state index in [0.717, 1.165) is 9.88 Å². The van der Waals surface area contributed by atoms with Gasteiger partial charge in [0.25, 0.3) is 0 Å². The number of hydrogen-bond acceptors (Lipinski definition) is 3. The third-order valence-electron chi connectivity index (χ3n) is 1.44. The monoisotopic (exact) mass is 177 g/mol. The molecule has 0 fully saturated rings. The molecule has 1 heterocycles. The molecule has 2 aliphatic rings. The third kappa shape index (κ3) is 1.43. The SMILES string of the molecule is c1cccc2s[nH]nnc=2cc1. The Labute approximate surface area is 73.2 Å². The van der Waals surface area contributed by atoms with Crippen molar-refractivity contribution < 1.29 is 0 Å². The van der Waals surface area contributed by atoms with Crippen LogP contribution in [-0.2, 0) is 0 Å². The van der Waals surface area contributed by atoms with Gasteiger partial charge in [-0.05, 0) is 23.7 Å². The summed E-state index contributed by atoms with van der Waals surface area (Å²) in [6.07, 6.45) is 0. The van der Waals surface area contributed by atoms with Crippen molar-refractivity contribution in [1.82, 2.24) is 14.8 Å². The van der Waals surface area contributed by atoms with Crippen LogP contribution in [0, 0.1) is 9.88 Å². The molecule has 0 spiro atoms. The predicted octanol–water partition coefficient (Wildman–Crippen LogP) is 1.72. The first-order valence-corrected chi connectivity index (χ1v) is 4.37. The summed E-state index contributed by atoms with van der Waals surface area (Å²) in [4.78, 5) is 0. The molecule has 0 aromatic rings. The Morgan fingerprint density at radius 3 is 2.83 bits per heavy atom. The lowest BCUT2D eigenvalue weighted by Gasteiger charge is -1.84. The summed E-state index contributed by atoms with van der Waals surface area (Å²) >= 11 is 1.47. The standard InChI is InChI=1S/C8H7N3S/c1-2-4-6-8-7(5-3-1)9-10-11-12-8/h1-6H,(H,9,11). The molecule has 3 nitrogen and oxygen atoms in total. The molecule has 1 aliphatic carbocycles. The molecule has 0 amide bonds. The molecule has 12 heavy (non-hydrogen) atoms. The van der Waals surface area contributed by atoms with Gasteiger partial charge in [-0.1, -0.05) is 29.5 Å². The van der Waals surface area contributed by atoms with E-state index >= 15 is 0 Å². The van der Waals surface area contributed by atoms with Crippen LogP contribution in [0.1, 0.15) is 0 Å². The van der Waals surface area contributed by atoms with E-state index in [-0.39, 0.29) is 0 Å². The van der Waals surface area contributed by atoms with Crippen molar-refractivity contribution in [1.29, 1.82) is 0 Å². The van der Waals surface area contributed by atoms with Gasteiger partial charge in [0.2, 0.25) is 0 Å². The summed E-state index contributed by atoms with van der Waals surface area (Å²) in [6, 6.07) is 11.8. The smallest absolute Gasteiger partial charge is 0.106 e. The van der Waals surface area contributed by atoms with Crippen molar-refractivity contribution in [2.45, 2.75) is 0 Å². The predicted molar refractivity (Wildman–Crippen MR) is 47.2 cm³/mol. The number of nitrogens with zero attached hydrogens (tertiary/aromatic N) is 2. The molecule has 0 unspecified atom stereocenters. The highest BCUT2D eigenvalue weighted by Gasteiger charge is 1.82. The molecule has 60 valence electrons. The van der Waals surface area contributed by atoms with E-state index in [1.54, 1.807) is 0 Å². The number of hydrogen-bond donors (Lipinski definition) is 1. The van der Waals surface area contributed by atoms with Gasteiger partial charge in [0.1, 0.15) is 5.35 Å². The number of aromatic amines is 1. The van der Waals surface area contributed by atoms with E-state index in [2.05, 4.69) is 14.8 Å². The largest absolute Gasteiger partial charge is 0.213 e. The Morgan fingerprint density at radius 1 is 1.08 bits per heavy atom. The fourth-order valence-corrected chi connectivity index (χ4v) is 1.44. The van der Waals surface area contributed by atoms with E-state index < -0.39 is 0 Å². The summed E-state index contributed by atoms with van der Waals surface area (Å²) in [5.74, 6) is 0. The Hall–Kier alpha value is -1.42. The maximum absolute atomic E-state index is 3.95. The fraction of sp³-hybridized carbons (Fsp3) is 0. The van der Waals surface area contributed by atoms with Crippen molar-refractivity contribution in [2.24, 2.45) is 0 Å². The number of rotatable bonds is 0. The summed E-state index contributed by atoms with van der Waals surface area (Å²) in [6.45, 7) is 0. The quantitative estimate of drug-likeness (QED) is 0.665. The van der Waals surface area contributed by atoms with Crippen molar-refractivity contribution in [3.8, 4) is 0 Å². The second-order valence-corrected chi connectivity index (χ2v) is 3.07. The summed E-state index contributed by atoms with van der Waals surface area (Å²) in [7, 11) is 0. The van der Waals surface area contributed by atoms with Crippen LogP contribution >= 0.6 is 11.5 Å². The second kappa shape index (κ2) is 3.32. The average Bonchev–Trinajstić information content (AvgIpc) is 2.06. The van der Waals surface area contributed by atoms with Crippen LogP contribution < -0.4 is 0 Å². The first-order valence-electron chi connectivity index (χ1n) is 3.55. The van der Waals surface area contributed by atoms with Crippen molar-refractivity contribution in [3.05, 3.63) is 46.3 Å². The third-order valence-corrected chi connectivity index (χ3v) is 2.18. The van der Waals surface area contributed by atoms with Gasteiger partial charge in [-0.3, -0.25) is 0 Å². The van der Waals surface area contributed by atoms with E-state index in [1.807, 2.05) is 36.4 Å². The van der Waals surface area contributed by atoms with Crippen molar-refractivity contribution >= 4 is 11.5 Å². The van der Waals surface area contributed by atoms with Crippen molar-refractivity contribution in [2.75, 3.05) is 0 Å². The van der Waals surface area contributed by atoms with Crippen LogP contribution in [0.25, 0.3) is 0 Å². The van der Waals surface area contributed by atoms with Crippen LogP contribution in [0.4, 0.5) is 0 Å². The van der Waals surface area contributed by atoms with Gasteiger partial charge in [-0.2, -0.15) is 0 Å². The first-order chi connectivity index (χ1) is 5.97. The Balaban J connectivity index is 2.95. The number of H-pyrrole nitrogens is 1. The zero-order valence-corrected chi connectivity index (χ0v) is 7.08. The molecule has 0 aromatic heterocycles. The lowest BCUT2D eigenvalue weighted by Crippen LogP contribution is -1.83. The molecular formula is C8H7N3S. The van der Waals surface area contributed by atoms with Gasteiger partial charge in [0, 0.05) is 0 Å². The fourth-order valence-electron chi connectivity index (χ4n) is 0.898. The number of aromatic nitrogens is 3. The molecule has 2 rings (SSSR count). The average molecular weight is 177 g/mol. The molecule has 0 radical (unpaired) electrons. The van der Waals surface area contributed by atoms with E-state index in [1.165, 1.54) is 11.5 Å². The van der Waals surface area contributed by atoms with Crippen LogP contribution in [-0.4, -0.2) is 14.8 Å². The lowest BCUT2D eigenvalue weighted by molar-refractivity contribution is 0.897. The Morgan fingerprint density at radius 2 is 1.92 bits per heavy atom. The minimum absolute atomic E-state index is 0.902. The van der Waals surface area contributed by atoms with E-state index in [9.17, 15) is 0 Å². The normalized spacial score (nSPS) is 9.67. The van der Waals surface area contributed by atoms with Gasteiger partial charge in [0.05, 0.1) is 4.53 Å². The summed E-state index contributed by atoms with van der Waals surface area (Å²) in [5.41, 5.74) is 0.